The molecule has 1 nitrogen and oxygen atoms in total. The van der Waals surface area contributed by atoms with Gasteiger partial charge in [-0.1, -0.05) is 36.5 Å². The third-order valence-corrected chi connectivity index (χ3v) is 1.70. The molecule has 0 rings (SSSR count). The van der Waals surface area contributed by atoms with Gasteiger partial charge in [0.25, 0.3) is 0 Å². The van der Waals surface area contributed by atoms with E-state index in [9.17, 15) is 0 Å². The maximum atomic E-state index is 5.21. The Morgan fingerprint density at radius 2 is 2.00 bits per heavy atom. The lowest BCUT2D eigenvalue weighted by atomic mass is 10.1. The van der Waals surface area contributed by atoms with Crippen molar-refractivity contribution in [3.05, 3.63) is 36.5 Å². The highest BCUT2D eigenvalue weighted by molar-refractivity contribution is 5.20. The van der Waals surface area contributed by atoms with Crippen molar-refractivity contribution in [3.63, 3.8) is 0 Å². The molecule has 0 saturated heterocycles. The van der Waals surface area contributed by atoms with Gasteiger partial charge in [-0.3, -0.25) is 0 Å². The van der Waals surface area contributed by atoms with Gasteiger partial charge in [-0.25, -0.2) is 0 Å². The molecule has 0 spiro atoms. The van der Waals surface area contributed by atoms with E-state index in [0.717, 1.165) is 5.57 Å². The summed E-state index contributed by atoms with van der Waals surface area (Å²) in [6.07, 6.45) is 7.83. The summed E-state index contributed by atoms with van der Waals surface area (Å²) in [4.78, 5) is 0. The van der Waals surface area contributed by atoms with Crippen LogP contribution in [0.1, 0.15) is 20.8 Å². The predicted molar refractivity (Wildman–Crippen MR) is 54.2 cm³/mol. The quantitative estimate of drug-likeness (QED) is 0.583. The first kappa shape index (κ1) is 11.2. The summed E-state index contributed by atoms with van der Waals surface area (Å²) in [5.41, 5.74) is 0.968. The summed E-state index contributed by atoms with van der Waals surface area (Å²) in [7, 11) is 1.70. The topological polar surface area (TPSA) is 9.23 Å². The summed E-state index contributed by atoms with van der Waals surface area (Å²) in [6.45, 7) is 9.70. The first-order valence-corrected chi connectivity index (χ1v) is 4.05. The molecule has 0 aliphatic heterocycles. The monoisotopic (exact) mass is 166 g/mol. The third kappa shape index (κ3) is 4.91. The lowest BCUT2D eigenvalue weighted by Gasteiger charge is -2.16. The van der Waals surface area contributed by atoms with E-state index < -0.39 is 0 Å². The molecule has 0 aromatic carbocycles. The van der Waals surface area contributed by atoms with E-state index in [1.54, 1.807) is 7.11 Å². The highest BCUT2D eigenvalue weighted by Gasteiger charge is 2.09. The van der Waals surface area contributed by atoms with Crippen LogP contribution in [0.15, 0.2) is 36.5 Å². The van der Waals surface area contributed by atoms with Crippen molar-refractivity contribution < 1.29 is 4.74 Å². The molecule has 68 valence electrons. The first-order chi connectivity index (χ1) is 5.52. The van der Waals surface area contributed by atoms with Crippen LogP contribution < -0.4 is 0 Å². The second kappa shape index (κ2) is 4.94. The van der Waals surface area contributed by atoms with Gasteiger partial charge in [-0.05, 0) is 20.8 Å². The molecule has 0 aromatic heterocycles. The maximum absolute atomic E-state index is 5.21. The molecule has 0 N–H and O–H groups in total. The van der Waals surface area contributed by atoms with Gasteiger partial charge in [0, 0.05) is 7.11 Å². The highest BCUT2D eigenvalue weighted by Crippen LogP contribution is 2.09. The normalized spacial score (nSPS) is 13.8. The van der Waals surface area contributed by atoms with E-state index in [2.05, 4.69) is 6.58 Å². The molecule has 0 unspecified atom stereocenters. The third-order valence-electron chi connectivity index (χ3n) is 1.70. The number of methoxy groups -OCH3 is 1. The van der Waals surface area contributed by atoms with Gasteiger partial charge in [0.2, 0.25) is 0 Å². The van der Waals surface area contributed by atoms with E-state index in [1.165, 1.54) is 0 Å². The Labute approximate surface area is 75.4 Å². The molecule has 0 bridgehead atoms. The molecule has 0 atom stereocenters. The van der Waals surface area contributed by atoms with Crippen molar-refractivity contribution in [2.45, 2.75) is 26.4 Å². The second-order valence-electron chi connectivity index (χ2n) is 3.28. The van der Waals surface area contributed by atoms with Gasteiger partial charge in [-0.15, -0.1) is 0 Å². The Kier molecular flexibility index (Phi) is 4.60. The van der Waals surface area contributed by atoms with Crippen LogP contribution in [-0.4, -0.2) is 12.7 Å². The number of rotatable bonds is 4. The molecular formula is C11H18O. The molecule has 0 saturated carbocycles. The van der Waals surface area contributed by atoms with Crippen LogP contribution in [-0.2, 0) is 4.74 Å². The Morgan fingerprint density at radius 1 is 1.42 bits per heavy atom. The Bertz CT molecular complexity index is 197. The van der Waals surface area contributed by atoms with E-state index in [-0.39, 0.29) is 5.60 Å². The van der Waals surface area contributed by atoms with Crippen molar-refractivity contribution in [1.29, 1.82) is 0 Å². The number of hydrogen-bond donors (Lipinski definition) is 0. The summed E-state index contributed by atoms with van der Waals surface area (Å²) >= 11 is 0. The Morgan fingerprint density at radius 3 is 2.42 bits per heavy atom. The molecule has 0 heterocycles. The van der Waals surface area contributed by atoms with Crippen LogP contribution in [0.25, 0.3) is 0 Å². The van der Waals surface area contributed by atoms with Crippen molar-refractivity contribution in [1.82, 2.24) is 0 Å². The van der Waals surface area contributed by atoms with E-state index in [1.807, 2.05) is 45.1 Å². The Hall–Kier alpha value is -0.820. The van der Waals surface area contributed by atoms with Gasteiger partial charge < -0.3 is 4.74 Å². The van der Waals surface area contributed by atoms with Crippen molar-refractivity contribution in [3.8, 4) is 0 Å². The zero-order chi connectivity index (χ0) is 9.61. The highest BCUT2D eigenvalue weighted by atomic mass is 16.5. The average molecular weight is 166 g/mol. The maximum Gasteiger partial charge on any atom is 0.0805 e. The van der Waals surface area contributed by atoms with Crippen LogP contribution in [0.2, 0.25) is 0 Å². The van der Waals surface area contributed by atoms with Crippen molar-refractivity contribution in [2.75, 3.05) is 7.11 Å². The molecule has 0 aliphatic carbocycles. The van der Waals surface area contributed by atoms with E-state index >= 15 is 0 Å². The molecular weight excluding hydrogens is 148 g/mol. The first-order valence-electron chi connectivity index (χ1n) is 4.05. The van der Waals surface area contributed by atoms with Gasteiger partial charge in [-0.2, -0.15) is 0 Å². The smallest absolute Gasteiger partial charge is 0.0805 e. The molecule has 0 aliphatic rings. The lowest BCUT2D eigenvalue weighted by molar-refractivity contribution is 0.0656. The zero-order valence-corrected chi connectivity index (χ0v) is 8.42. The molecule has 0 fully saturated rings. The van der Waals surface area contributed by atoms with E-state index in [0.29, 0.717) is 0 Å². The fourth-order valence-electron chi connectivity index (χ4n) is 0.568. The van der Waals surface area contributed by atoms with Gasteiger partial charge in [0.05, 0.1) is 5.60 Å². The standard InChI is InChI=1S/C11H18O/c1-6-10(2)8-7-9-11(3,4)12-5/h6-9H,1H2,2-5H3. The van der Waals surface area contributed by atoms with Crippen molar-refractivity contribution >= 4 is 0 Å². The van der Waals surface area contributed by atoms with Crippen LogP contribution in [0.5, 0.6) is 0 Å². The minimum absolute atomic E-state index is 0.183. The summed E-state index contributed by atoms with van der Waals surface area (Å²) in [5, 5.41) is 0. The van der Waals surface area contributed by atoms with Crippen molar-refractivity contribution in [2.24, 2.45) is 0 Å². The predicted octanol–water partition coefficient (Wildman–Crippen LogP) is 3.10. The molecule has 0 amide bonds. The molecule has 12 heavy (non-hydrogen) atoms. The van der Waals surface area contributed by atoms with Crippen LogP contribution in [0.3, 0.4) is 0 Å². The average Bonchev–Trinajstić information content (AvgIpc) is 2.04. The van der Waals surface area contributed by atoms with Gasteiger partial charge in [0.1, 0.15) is 0 Å². The Balaban J connectivity index is 4.16. The zero-order valence-electron chi connectivity index (χ0n) is 8.42. The fraction of sp³-hybridized carbons (Fsp3) is 0.455. The largest absolute Gasteiger partial charge is 0.375 e. The minimum atomic E-state index is -0.183. The van der Waals surface area contributed by atoms with Crippen LogP contribution >= 0.6 is 0 Å². The summed E-state index contributed by atoms with van der Waals surface area (Å²) in [6, 6.07) is 0. The van der Waals surface area contributed by atoms with Gasteiger partial charge >= 0.3 is 0 Å². The second-order valence-corrected chi connectivity index (χ2v) is 3.28. The van der Waals surface area contributed by atoms with Gasteiger partial charge in [0.15, 0.2) is 0 Å². The summed E-state index contributed by atoms with van der Waals surface area (Å²) < 4.78 is 5.21. The van der Waals surface area contributed by atoms with Crippen LogP contribution in [0.4, 0.5) is 0 Å². The fourth-order valence-corrected chi connectivity index (χ4v) is 0.568. The minimum Gasteiger partial charge on any atom is -0.375 e. The molecule has 0 radical (unpaired) electrons. The number of allylic oxidation sites excluding steroid dienone is 4. The van der Waals surface area contributed by atoms with Crippen LogP contribution in [0, 0.1) is 0 Å². The number of ether oxygens (including phenoxy) is 1. The summed E-state index contributed by atoms with van der Waals surface area (Å²) in [5.74, 6) is 0. The lowest BCUT2D eigenvalue weighted by Crippen LogP contribution is -2.18. The van der Waals surface area contributed by atoms with E-state index in [4.69, 9.17) is 4.74 Å². The molecule has 1 heteroatoms. The SMILES string of the molecule is C=CC(C)=CC=CC(C)(C)OC. The molecule has 0 aromatic rings. The number of hydrogen-bond acceptors (Lipinski definition) is 1.